The molecule has 0 aliphatic rings. The van der Waals surface area contributed by atoms with Crippen LogP contribution >= 0.6 is 0 Å². The highest BCUT2D eigenvalue weighted by Crippen LogP contribution is 2.17. The van der Waals surface area contributed by atoms with Crippen LogP contribution < -0.4 is 0 Å². The number of carbonyl (C=O) groups is 1. The molecule has 94 valence electrons. The molecule has 0 aromatic carbocycles. The van der Waals surface area contributed by atoms with Crippen LogP contribution in [0.1, 0.15) is 16.2 Å². The van der Waals surface area contributed by atoms with Crippen LogP contribution in [0.15, 0.2) is 24.4 Å². The average molecular weight is 259 g/mol. The lowest BCUT2D eigenvalue weighted by Crippen LogP contribution is -2.04. The number of hydrogen-bond donors (Lipinski definition) is 1. The van der Waals surface area contributed by atoms with E-state index in [1.807, 2.05) is 0 Å². The van der Waals surface area contributed by atoms with Crippen LogP contribution in [-0.2, 0) is 0 Å². The quantitative estimate of drug-likeness (QED) is 0.634. The Bertz CT molecular complexity index is 715. The lowest BCUT2D eigenvalue weighted by molar-refractivity contribution is -0.385. The molecule has 2 rings (SSSR count). The summed E-state index contributed by atoms with van der Waals surface area (Å²) in [6.07, 6.45) is 1.33. The maximum Gasteiger partial charge on any atom is 0.356 e. The molecule has 0 aliphatic carbocycles. The smallest absolute Gasteiger partial charge is 0.356 e. The van der Waals surface area contributed by atoms with Gasteiger partial charge in [0.2, 0.25) is 5.69 Å². The summed E-state index contributed by atoms with van der Waals surface area (Å²) < 4.78 is 1.12. The van der Waals surface area contributed by atoms with Crippen molar-refractivity contribution in [3.63, 3.8) is 0 Å². The number of pyridine rings is 1. The van der Waals surface area contributed by atoms with E-state index in [1.165, 1.54) is 18.3 Å². The van der Waals surface area contributed by atoms with Crippen molar-refractivity contribution in [2.75, 3.05) is 0 Å². The zero-order chi connectivity index (χ0) is 14.0. The van der Waals surface area contributed by atoms with Gasteiger partial charge in [0.05, 0.1) is 4.92 Å². The molecule has 0 saturated heterocycles. The molecule has 0 radical (unpaired) electrons. The standard InChI is InChI=1S/C10H5N5O4/c11-5-7-8(15(18)19)1-2-9(12-7)14-4-3-6(13-14)10(16)17/h1-4H,(H,16,17). The van der Waals surface area contributed by atoms with E-state index < -0.39 is 16.6 Å². The van der Waals surface area contributed by atoms with E-state index in [0.717, 1.165) is 10.7 Å². The number of nitro groups is 1. The molecular weight excluding hydrogens is 254 g/mol. The van der Waals surface area contributed by atoms with E-state index in [1.54, 1.807) is 6.07 Å². The summed E-state index contributed by atoms with van der Waals surface area (Å²) in [7, 11) is 0. The van der Waals surface area contributed by atoms with E-state index >= 15 is 0 Å². The second-order valence-corrected chi connectivity index (χ2v) is 3.36. The summed E-state index contributed by atoms with van der Waals surface area (Å²) in [6.45, 7) is 0. The molecule has 0 aliphatic heterocycles. The molecule has 0 fully saturated rings. The van der Waals surface area contributed by atoms with Crippen LogP contribution in [-0.4, -0.2) is 30.8 Å². The number of carboxylic acids is 1. The number of carboxylic acid groups (broad SMARTS) is 1. The average Bonchev–Trinajstić information content (AvgIpc) is 2.87. The number of nitrogens with zero attached hydrogens (tertiary/aromatic N) is 5. The second kappa shape index (κ2) is 4.53. The first-order chi connectivity index (χ1) is 9.02. The van der Waals surface area contributed by atoms with Crippen molar-refractivity contribution in [2.24, 2.45) is 0 Å². The van der Waals surface area contributed by atoms with E-state index in [2.05, 4.69) is 10.1 Å². The van der Waals surface area contributed by atoms with Gasteiger partial charge < -0.3 is 5.11 Å². The van der Waals surface area contributed by atoms with Gasteiger partial charge in [-0.05, 0) is 12.1 Å². The minimum Gasteiger partial charge on any atom is -0.476 e. The first kappa shape index (κ1) is 12.2. The van der Waals surface area contributed by atoms with Gasteiger partial charge in [-0.15, -0.1) is 0 Å². The summed E-state index contributed by atoms with van der Waals surface area (Å²) in [4.78, 5) is 24.3. The Morgan fingerprint density at radius 2 is 2.21 bits per heavy atom. The molecule has 0 saturated carbocycles. The highest BCUT2D eigenvalue weighted by atomic mass is 16.6. The number of aromatic nitrogens is 3. The molecule has 9 nitrogen and oxygen atoms in total. The highest BCUT2D eigenvalue weighted by Gasteiger charge is 2.17. The topological polar surface area (TPSA) is 135 Å². The number of nitriles is 1. The predicted molar refractivity (Wildman–Crippen MR) is 59.7 cm³/mol. The van der Waals surface area contributed by atoms with Gasteiger partial charge in [0, 0.05) is 12.3 Å². The van der Waals surface area contributed by atoms with Gasteiger partial charge in [-0.3, -0.25) is 10.1 Å². The van der Waals surface area contributed by atoms with Crippen molar-refractivity contribution >= 4 is 11.7 Å². The van der Waals surface area contributed by atoms with Crippen molar-refractivity contribution in [2.45, 2.75) is 0 Å². The summed E-state index contributed by atoms with van der Waals surface area (Å²) in [5, 5.41) is 31.9. The lowest BCUT2D eigenvalue weighted by Gasteiger charge is -2.00. The van der Waals surface area contributed by atoms with Gasteiger partial charge in [-0.25, -0.2) is 14.5 Å². The van der Waals surface area contributed by atoms with Crippen LogP contribution in [0, 0.1) is 21.4 Å². The maximum atomic E-state index is 10.7. The number of rotatable bonds is 3. The van der Waals surface area contributed by atoms with Crippen LogP contribution in [0.2, 0.25) is 0 Å². The molecular formula is C10H5N5O4. The zero-order valence-corrected chi connectivity index (χ0v) is 9.22. The maximum absolute atomic E-state index is 10.7. The molecule has 0 amide bonds. The molecule has 19 heavy (non-hydrogen) atoms. The van der Waals surface area contributed by atoms with E-state index in [4.69, 9.17) is 10.4 Å². The molecule has 2 heterocycles. The molecule has 0 spiro atoms. The van der Waals surface area contributed by atoms with Crippen molar-refractivity contribution in [3.8, 4) is 11.9 Å². The molecule has 1 N–H and O–H groups in total. The molecule has 2 aromatic heterocycles. The fraction of sp³-hybridized carbons (Fsp3) is 0. The molecule has 9 heteroatoms. The Labute approximate surface area is 105 Å². The van der Waals surface area contributed by atoms with Crippen LogP contribution in [0.5, 0.6) is 0 Å². The minimum absolute atomic E-state index is 0.120. The van der Waals surface area contributed by atoms with Crippen molar-refractivity contribution in [3.05, 3.63) is 45.9 Å². The Morgan fingerprint density at radius 1 is 1.47 bits per heavy atom. The summed E-state index contributed by atoms with van der Waals surface area (Å²) in [5.74, 6) is -1.09. The fourth-order valence-corrected chi connectivity index (χ4v) is 1.36. The molecule has 0 atom stereocenters. The van der Waals surface area contributed by atoms with Gasteiger partial charge in [-0.2, -0.15) is 10.4 Å². The van der Waals surface area contributed by atoms with E-state index in [-0.39, 0.29) is 17.2 Å². The third-order valence-electron chi connectivity index (χ3n) is 2.20. The van der Waals surface area contributed by atoms with Gasteiger partial charge in [-0.1, -0.05) is 0 Å². The predicted octanol–water partition coefficient (Wildman–Crippen LogP) is 0.745. The third-order valence-corrected chi connectivity index (χ3v) is 2.20. The van der Waals surface area contributed by atoms with Crippen molar-refractivity contribution in [1.29, 1.82) is 5.26 Å². The van der Waals surface area contributed by atoms with E-state index in [0.29, 0.717) is 0 Å². The monoisotopic (exact) mass is 259 g/mol. The van der Waals surface area contributed by atoms with Crippen molar-refractivity contribution in [1.82, 2.24) is 14.8 Å². The van der Waals surface area contributed by atoms with Crippen LogP contribution in [0.25, 0.3) is 5.82 Å². The normalized spacial score (nSPS) is 9.84. The molecule has 2 aromatic rings. The Kier molecular flexibility index (Phi) is 2.91. The van der Waals surface area contributed by atoms with Gasteiger partial charge in [0.1, 0.15) is 6.07 Å². The SMILES string of the molecule is N#Cc1nc(-n2ccc(C(=O)O)n2)ccc1[N+](=O)[O-]. The van der Waals surface area contributed by atoms with E-state index in [9.17, 15) is 14.9 Å². The molecule has 0 unspecified atom stereocenters. The summed E-state index contributed by atoms with van der Waals surface area (Å²) >= 11 is 0. The third kappa shape index (κ3) is 2.22. The summed E-state index contributed by atoms with van der Waals surface area (Å²) in [6, 6.07) is 5.24. The Morgan fingerprint density at radius 3 is 2.74 bits per heavy atom. The van der Waals surface area contributed by atoms with Crippen LogP contribution in [0.3, 0.4) is 0 Å². The second-order valence-electron chi connectivity index (χ2n) is 3.36. The lowest BCUT2D eigenvalue weighted by atomic mass is 10.3. The fourth-order valence-electron chi connectivity index (χ4n) is 1.36. The summed E-state index contributed by atoms with van der Waals surface area (Å²) in [5.41, 5.74) is -0.981. The van der Waals surface area contributed by atoms with Crippen molar-refractivity contribution < 1.29 is 14.8 Å². The Balaban J connectivity index is 2.49. The first-order valence-corrected chi connectivity index (χ1v) is 4.88. The zero-order valence-electron chi connectivity index (χ0n) is 9.22. The Hall–Kier alpha value is -3.28. The molecule has 0 bridgehead atoms. The number of hydrogen-bond acceptors (Lipinski definition) is 6. The van der Waals surface area contributed by atoms with Gasteiger partial charge in [0.25, 0.3) is 0 Å². The van der Waals surface area contributed by atoms with Gasteiger partial charge in [0.15, 0.2) is 11.5 Å². The van der Waals surface area contributed by atoms with Gasteiger partial charge >= 0.3 is 11.7 Å². The highest BCUT2D eigenvalue weighted by molar-refractivity contribution is 5.85. The largest absolute Gasteiger partial charge is 0.476 e. The first-order valence-electron chi connectivity index (χ1n) is 4.88. The minimum atomic E-state index is -1.21. The van der Waals surface area contributed by atoms with Crippen LogP contribution in [0.4, 0.5) is 5.69 Å². The number of aromatic carboxylic acids is 1.